The van der Waals surface area contributed by atoms with Crippen LogP contribution < -0.4 is 21.8 Å². The molecule has 5 aromatic heterocycles. The zero-order valence-electron chi connectivity index (χ0n) is 42.6. The maximum absolute atomic E-state index is 15.7. The molecule has 0 saturated heterocycles. The topological polar surface area (TPSA) is 233 Å². The van der Waals surface area contributed by atoms with Crippen LogP contribution in [0, 0.1) is 25.5 Å². The normalized spacial score (nSPS) is 13.3. The quantitative estimate of drug-likeness (QED) is 0.0453. The van der Waals surface area contributed by atoms with Gasteiger partial charge in [0.2, 0.25) is 0 Å². The second-order valence-corrected chi connectivity index (χ2v) is 19.3. The summed E-state index contributed by atoms with van der Waals surface area (Å²) >= 11 is 6.61. The van der Waals surface area contributed by atoms with E-state index in [1.165, 1.54) is 80.0 Å². The van der Waals surface area contributed by atoms with Gasteiger partial charge in [0.25, 0.3) is 40.7 Å². The van der Waals surface area contributed by atoms with Crippen molar-refractivity contribution in [1.29, 1.82) is 0 Å². The van der Waals surface area contributed by atoms with E-state index in [0.717, 1.165) is 16.0 Å². The van der Waals surface area contributed by atoms with E-state index in [0.29, 0.717) is 32.7 Å². The van der Waals surface area contributed by atoms with Crippen LogP contribution in [0.2, 0.25) is 5.02 Å². The molecule has 7 heterocycles. The number of nitrogens with zero attached hydrogens (tertiary/aromatic N) is 7. The Hall–Kier alpha value is -9.06. The van der Waals surface area contributed by atoms with Gasteiger partial charge in [-0.2, -0.15) is 0 Å². The summed E-state index contributed by atoms with van der Waals surface area (Å²) in [5, 5.41) is 26.8. The van der Waals surface area contributed by atoms with Gasteiger partial charge in [-0.1, -0.05) is 62.9 Å². The number of esters is 1. The lowest BCUT2D eigenvalue weighted by Crippen LogP contribution is -2.44. The van der Waals surface area contributed by atoms with Crippen molar-refractivity contribution in [2.45, 2.75) is 79.9 Å². The van der Waals surface area contributed by atoms with Crippen molar-refractivity contribution < 1.29 is 60.5 Å². The Balaban J connectivity index is 0.000000231. The van der Waals surface area contributed by atoms with E-state index in [9.17, 15) is 56.5 Å². The molecule has 8 aromatic rings. The highest BCUT2D eigenvalue weighted by Crippen LogP contribution is 2.38. The van der Waals surface area contributed by atoms with Gasteiger partial charge < -0.3 is 30.2 Å². The molecule has 0 bridgehead atoms. The summed E-state index contributed by atoms with van der Waals surface area (Å²) in [7, 11) is 0. The molecule has 25 heteroatoms. The number of aryl methyl sites for hydroxylation is 1. The Morgan fingerprint density at radius 1 is 0.780 bits per heavy atom. The van der Waals surface area contributed by atoms with Gasteiger partial charge in [0.05, 0.1) is 77.7 Å². The number of fused-ring (bicyclic) bond motifs is 2. The van der Waals surface area contributed by atoms with E-state index in [1.54, 1.807) is 18.5 Å². The fraction of sp³-hybridized carbons (Fsp3) is 0.281. The number of benzene rings is 3. The van der Waals surface area contributed by atoms with Crippen molar-refractivity contribution >= 4 is 63.0 Å². The lowest BCUT2D eigenvalue weighted by molar-refractivity contribution is -0.0359. The molecule has 3 aromatic carbocycles. The highest BCUT2D eigenvalue weighted by molar-refractivity contribution is 6.36. The third-order valence-electron chi connectivity index (χ3n) is 13.5. The number of amides is 3. The van der Waals surface area contributed by atoms with Crippen molar-refractivity contribution in [3.8, 4) is 11.5 Å². The van der Waals surface area contributed by atoms with Crippen LogP contribution in [0.5, 0.6) is 11.5 Å². The van der Waals surface area contributed by atoms with E-state index < -0.39 is 118 Å². The van der Waals surface area contributed by atoms with Crippen molar-refractivity contribution in [3.05, 3.63) is 185 Å². The third-order valence-corrected chi connectivity index (χ3v) is 13.9. The number of pyridine rings is 4. The Morgan fingerprint density at radius 3 is 1.89 bits per heavy atom. The first-order chi connectivity index (χ1) is 38.0. The van der Waals surface area contributed by atoms with Crippen LogP contribution in [0.25, 0.3) is 22.1 Å². The minimum atomic E-state index is -3.91. The molecule has 82 heavy (non-hydrogen) atoms. The number of halogens is 7. The highest BCUT2D eigenvalue weighted by atomic mass is 35.5. The number of hydrogen-bond acceptors (Lipinski definition) is 13. The standard InChI is InChI=1S/C29H21ClF3N3O6.C26H25F3N6O3.2CH4/c1-2-42-28(41)20-24(37)22-23(21(30)16(12-34-22)11-15-7-9-17(31)10-8-15)35(27(20)40)13-29(32,33)14-36-25(38)18-5-3-4-6-19(18)26(36)39;1-14-15(2)34(13-33-14)8-7-30-24(37)19-23(36)21-22-20(32-11-26(28,29)12-35(22)25(19)38)17(10-31-21)9-16-3-5-18(27)6-4-16;;/h3-10,12,37H,2,11,13-14H2,1H3;3-6,10,13,32,36H,7-9,11-12H2,1-2H3,(H,30,37);2*1H4. The van der Waals surface area contributed by atoms with Crippen molar-refractivity contribution in [2.75, 3.05) is 31.6 Å². The zero-order chi connectivity index (χ0) is 57.5. The van der Waals surface area contributed by atoms with Gasteiger partial charge in [0, 0.05) is 49.6 Å². The van der Waals surface area contributed by atoms with E-state index in [-0.39, 0.29) is 79.3 Å². The first-order valence-corrected chi connectivity index (χ1v) is 24.9. The molecule has 3 amide bonds. The lowest BCUT2D eigenvalue weighted by Gasteiger charge is -2.24. The molecule has 10 rings (SSSR count). The molecule has 0 atom stereocenters. The molecular weight excluding hydrogens is 1100 g/mol. The summed E-state index contributed by atoms with van der Waals surface area (Å²) in [5.74, 6) is -13.8. The van der Waals surface area contributed by atoms with Crippen LogP contribution in [0.15, 0.2) is 101 Å². The van der Waals surface area contributed by atoms with Crippen LogP contribution >= 0.6 is 11.6 Å². The molecule has 0 saturated carbocycles. The summed E-state index contributed by atoms with van der Waals surface area (Å²) in [6.45, 7) is 0.862. The van der Waals surface area contributed by atoms with Crippen LogP contribution in [0.1, 0.15) is 96.9 Å². The number of imide groups is 1. The number of carbonyl (C=O) groups is 4. The van der Waals surface area contributed by atoms with Gasteiger partial charge in [-0.3, -0.25) is 48.0 Å². The predicted octanol–water partition coefficient (Wildman–Crippen LogP) is 9.00. The molecule has 0 aliphatic carbocycles. The Bertz CT molecular complexity index is 3910. The number of aromatic nitrogens is 6. The van der Waals surface area contributed by atoms with Crippen molar-refractivity contribution in [3.63, 3.8) is 0 Å². The number of aromatic hydroxyl groups is 2. The summed E-state index contributed by atoms with van der Waals surface area (Å²) in [4.78, 5) is 90.8. The summed E-state index contributed by atoms with van der Waals surface area (Å²) in [6, 6.07) is 16.7. The Labute approximate surface area is 468 Å². The Kier molecular flexibility index (Phi) is 17.7. The minimum absolute atomic E-state index is 0. The van der Waals surface area contributed by atoms with E-state index >= 15 is 8.78 Å². The summed E-state index contributed by atoms with van der Waals surface area (Å²) in [5.41, 5.74) is -1.12. The average molecular weight is 1160 g/mol. The predicted molar refractivity (Wildman–Crippen MR) is 292 cm³/mol. The van der Waals surface area contributed by atoms with Crippen LogP contribution in [-0.4, -0.2) is 106 Å². The molecule has 0 radical (unpaired) electrons. The van der Waals surface area contributed by atoms with E-state index in [2.05, 4.69) is 25.6 Å². The fourth-order valence-electron chi connectivity index (χ4n) is 9.36. The van der Waals surface area contributed by atoms with Crippen LogP contribution in [0.4, 0.5) is 32.0 Å². The number of hydrogen-bond donors (Lipinski definition) is 4. The number of alkyl halides is 4. The molecule has 2 aliphatic rings. The third kappa shape index (κ3) is 11.9. The zero-order valence-corrected chi connectivity index (χ0v) is 43.3. The molecule has 2 aliphatic heterocycles. The van der Waals surface area contributed by atoms with Gasteiger partial charge in [-0.25, -0.2) is 36.1 Å². The van der Waals surface area contributed by atoms with Gasteiger partial charge in [-0.15, -0.1) is 0 Å². The van der Waals surface area contributed by atoms with E-state index in [1.807, 2.05) is 18.4 Å². The number of nitrogens with one attached hydrogen (secondary N) is 2. The molecule has 0 spiro atoms. The van der Waals surface area contributed by atoms with Gasteiger partial charge in [0.1, 0.15) is 28.2 Å². The minimum Gasteiger partial charge on any atom is -0.505 e. The van der Waals surface area contributed by atoms with Crippen LogP contribution in [-0.2, 0) is 37.2 Å². The van der Waals surface area contributed by atoms with Gasteiger partial charge >= 0.3 is 5.97 Å². The lowest BCUT2D eigenvalue weighted by atomic mass is 10.0. The average Bonchev–Trinajstić information content (AvgIpc) is 2.52. The second-order valence-electron chi connectivity index (χ2n) is 18.9. The largest absolute Gasteiger partial charge is 0.505 e. The summed E-state index contributed by atoms with van der Waals surface area (Å²) < 4.78 is 95.5. The maximum atomic E-state index is 15.7. The van der Waals surface area contributed by atoms with Gasteiger partial charge in [0.15, 0.2) is 17.1 Å². The monoisotopic (exact) mass is 1160 g/mol. The SMILES string of the molecule is C.C.CCOC(=O)c1c(O)c2ncc(Cc3ccc(F)cc3)c(Cl)c2n(CC(F)(F)CN2C(=O)c3ccccc3C2=O)c1=O.Cc1ncn(CCNC(=O)c2c(O)c3ncc(Cc4ccc(F)cc4)c4c3n(c2=O)CC(F)(F)CN4)c1C. The number of anilines is 1. The number of imidazole rings is 1. The smallest absolute Gasteiger partial charge is 0.347 e. The van der Waals surface area contributed by atoms with Crippen molar-refractivity contribution in [1.82, 2.24) is 38.9 Å². The van der Waals surface area contributed by atoms with Gasteiger partial charge in [-0.05, 0) is 73.9 Å². The number of carbonyl (C=O) groups excluding carboxylic acids is 4. The molecule has 0 fully saturated rings. The highest BCUT2D eigenvalue weighted by Gasteiger charge is 2.44. The molecule has 0 unspecified atom stereocenters. The first kappa shape index (κ1) is 60.6. The maximum Gasteiger partial charge on any atom is 0.347 e. The Morgan fingerprint density at radius 2 is 1.33 bits per heavy atom. The molecule has 430 valence electrons. The number of rotatable bonds is 14. The van der Waals surface area contributed by atoms with E-state index in [4.69, 9.17) is 16.3 Å². The molecule has 18 nitrogen and oxygen atoms in total. The fourth-order valence-corrected chi connectivity index (χ4v) is 9.67. The first-order valence-electron chi connectivity index (χ1n) is 24.6. The molecular formula is C57H54ClF6N9O9. The number of ether oxygens (including phenoxy) is 1. The second kappa shape index (κ2) is 24.0. The van der Waals surface area contributed by atoms with Crippen LogP contribution in [0.3, 0.4) is 0 Å². The summed E-state index contributed by atoms with van der Waals surface area (Å²) in [6.07, 6.45) is 4.51. The van der Waals surface area contributed by atoms with Crippen molar-refractivity contribution in [2.24, 2.45) is 0 Å². The molecule has 4 N–H and O–H groups in total.